The zero-order valence-corrected chi connectivity index (χ0v) is 7.09. The van der Waals surface area contributed by atoms with Crippen molar-refractivity contribution in [3.05, 3.63) is 0 Å². The molecule has 8 N–H and O–H groups in total. The molecule has 0 saturated carbocycles. The van der Waals surface area contributed by atoms with Gasteiger partial charge in [-0.05, 0) is 0 Å². The third-order valence-electron chi connectivity index (χ3n) is 0.106. The highest BCUT2D eigenvalue weighted by Gasteiger charge is 2.10. The lowest BCUT2D eigenvalue weighted by Gasteiger charge is -1.90. The molecule has 0 aliphatic heterocycles. The summed E-state index contributed by atoms with van der Waals surface area (Å²) in [7, 11) is -9.23. The van der Waals surface area contributed by atoms with Crippen LogP contribution in [0, 0.1) is 0 Å². The fourth-order valence-corrected chi connectivity index (χ4v) is 0. The van der Waals surface area contributed by atoms with E-state index < -0.39 is 15.6 Å². The molecular formula is H8O10P2. The third-order valence-corrected chi connectivity index (χ3v) is 0.319. The molecule has 0 atom stereocenters. The highest BCUT2D eigenvalue weighted by molar-refractivity contribution is 7.46. The second-order valence-electron chi connectivity index (χ2n) is 1.09. The lowest BCUT2D eigenvalue weighted by molar-refractivity contribution is -0.158. The molecule has 0 spiro atoms. The molecule has 0 unspecified atom stereocenters. The quantitative estimate of drug-likeness (QED) is 0.164. The van der Waals surface area contributed by atoms with Gasteiger partial charge in [-0.3, -0.25) is 0 Å². The first-order valence-electron chi connectivity index (χ1n) is 1.73. The third kappa shape index (κ3) is 85.9. The van der Waals surface area contributed by atoms with Crippen molar-refractivity contribution in [1.29, 1.82) is 0 Å². The first-order valence-corrected chi connectivity index (χ1v) is 4.83. The molecule has 0 bridgehead atoms. The van der Waals surface area contributed by atoms with E-state index in [1.165, 1.54) is 0 Å². The molecule has 0 radical (unpaired) electrons. The van der Waals surface area contributed by atoms with E-state index in [-0.39, 0.29) is 5.48 Å². The number of hydrogen-bond donors (Lipinski definition) is 6. The maximum atomic E-state index is 9.22. The number of phosphoric acid groups is 2. The summed E-state index contributed by atoms with van der Waals surface area (Å²) >= 11 is 0. The maximum absolute atomic E-state index is 9.22. The highest BCUT2D eigenvalue weighted by Crippen LogP contribution is 2.33. The van der Waals surface area contributed by atoms with Crippen molar-refractivity contribution < 1.29 is 49.0 Å². The first kappa shape index (κ1) is 18.0. The van der Waals surface area contributed by atoms with Gasteiger partial charge in [0.05, 0.1) is 0 Å². The summed E-state index contributed by atoms with van der Waals surface area (Å²) in [6.45, 7) is 0. The summed E-state index contributed by atoms with van der Waals surface area (Å²) in [5, 5.41) is 7.14. The smallest absolute Gasteiger partial charge is 0.412 e. The van der Waals surface area contributed by atoms with Gasteiger partial charge in [-0.2, -0.15) is 0 Å². The average Bonchev–Trinajstić information content (AvgIpc) is 1.59. The van der Waals surface area contributed by atoms with Crippen LogP contribution in [0.5, 0.6) is 0 Å². The van der Waals surface area contributed by atoms with Gasteiger partial charge in [0.1, 0.15) is 0 Å². The zero-order chi connectivity index (χ0) is 9.71. The normalized spacial score (nSPS) is 10.8. The molecule has 12 heavy (non-hydrogen) atoms. The molecule has 0 saturated heterocycles. The van der Waals surface area contributed by atoms with E-state index in [1.807, 2.05) is 0 Å². The van der Waals surface area contributed by atoms with Crippen molar-refractivity contribution >= 4 is 15.6 Å². The summed E-state index contributed by atoms with van der Waals surface area (Å²) in [6.07, 6.45) is 0. The summed E-state index contributed by atoms with van der Waals surface area (Å²) in [5.74, 6) is 0. The topological polar surface area (TPSA) is 196 Å². The molecule has 12 heteroatoms. The monoisotopic (exact) mass is 230 g/mol. The van der Waals surface area contributed by atoms with Gasteiger partial charge in [0, 0.05) is 0 Å². The van der Waals surface area contributed by atoms with Crippen LogP contribution in [-0.4, -0.2) is 35.2 Å². The van der Waals surface area contributed by atoms with Crippen LogP contribution in [0.2, 0.25) is 0 Å². The SMILES string of the molecule is O.O=P(O)(O)O.O=P(O)(O)OO. The van der Waals surface area contributed by atoms with Crippen LogP contribution in [0.25, 0.3) is 0 Å². The van der Waals surface area contributed by atoms with Gasteiger partial charge < -0.3 is 29.9 Å². The number of rotatable bonds is 1. The molecule has 0 aromatic heterocycles. The van der Waals surface area contributed by atoms with Crippen LogP contribution >= 0.6 is 15.6 Å². The average molecular weight is 230 g/mol. The summed E-state index contributed by atoms with van der Waals surface area (Å²) in [5.41, 5.74) is 0. The molecule has 0 amide bonds. The van der Waals surface area contributed by atoms with Gasteiger partial charge in [-0.1, -0.05) is 0 Å². The molecule has 0 fully saturated rings. The predicted octanol–water partition coefficient (Wildman–Crippen LogP) is -2.18. The highest BCUT2D eigenvalue weighted by atomic mass is 31.2. The lowest BCUT2D eigenvalue weighted by atomic mass is 15.0. The van der Waals surface area contributed by atoms with Gasteiger partial charge in [0.25, 0.3) is 0 Å². The molecule has 0 aliphatic rings. The van der Waals surface area contributed by atoms with Crippen LogP contribution < -0.4 is 0 Å². The molecule has 0 aliphatic carbocycles. The Bertz CT molecular complexity index is 160. The molecular weight excluding hydrogens is 222 g/mol. The Morgan fingerprint density at radius 1 is 0.917 bits per heavy atom. The fraction of sp³-hybridized carbons (Fsp3) is 0. The van der Waals surface area contributed by atoms with Gasteiger partial charge in [-0.25, -0.2) is 14.4 Å². The Morgan fingerprint density at radius 3 is 1.00 bits per heavy atom. The van der Waals surface area contributed by atoms with Crippen molar-refractivity contribution in [2.45, 2.75) is 0 Å². The largest absolute Gasteiger partial charge is 0.496 e. The van der Waals surface area contributed by atoms with E-state index in [1.54, 1.807) is 0 Å². The minimum absolute atomic E-state index is 0. The van der Waals surface area contributed by atoms with E-state index in [0.29, 0.717) is 0 Å². The van der Waals surface area contributed by atoms with Crippen LogP contribution in [0.1, 0.15) is 0 Å². The van der Waals surface area contributed by atoms with Crippen LogP contribution in [0.4, 0.5) is 0 Å². The Kier molecular flexibility index (Phi) is 9.97. The van der Waals surface area contributed by atoms with E-state index in [4.69, 9.17) is 34.3 Å². The van der Waals surface area contributed by atoms with E-state index in [9.17, 15) is 4.57 Å². The molecule has 0 heterocycles. The van der Waals surface area contributed by atoms with Crippen LogP contribution in [0.3, 0.4) is 0 Å². The Labute approximate surface area is 65.8 Å². The van der Waals surface area contributed by atoms with E-state index in [2.05, 4.69) is 4.67 Å². The Morgan fingerprint density at radius 2 is 1.00 bits per heavy atom. The number of hydrogen-bond acceptors (Lipinski definition) is 4. The van der Waals surface area contributed by atoms with Gasteiger partial charge >= 0.3 is 15.6 Å². The zero-order valence-electron chi connectivity index (χ0n) is 5.30. The molecule has 78 valence electrons. The van der Waals surface area contributed by atoms with Crippen LogP contribution in [0.15, 0.2) is 0 Å². The fourth-order valence-electron chi connectivity index (χ4n) is 0. The standard InChI is InChI=1S/H3O5P.H3O4P.H2O/c1-5-6(2,3)4;1-5(2,3)4;/h1H,(H2,2,3,4);(H3,1,2,3,4);1H2. The second-order valence-corrected chi connectivity index (χ2v) is 3.26. The lowest BCUT2D eigenvalue weighted by Crippen LogP contribution is -1.77. The van der Waals surface area contributed by atoms with Crippen LogP contribution in [-0.2, 0) is 13.8 Å². The molecule has 0 aromatic rings. The summed E-state index contributed by atoms with van der Waals surface area (Å²) < 4.78 is 20.7. The Balaban J connectivity index is -0.000000126. The van der Waals surface area contributed by atoms with Gasteiger partial charge in [0.15, 0.2) is 0 Å². The van der Waals surface area contributed by atoms with Gasteiger partial charge in [0.2, 0.25) is 0 Å². The first-order chi connectivity index (χ1) is 4.56. The molecule has 0 rings (SSSR count). The van der Waals surface area contributed by atoms with Crippen molar-refractivity contribution in [3.8, 4) is 0 Å². The van der Waals surface area contributed by atoms with E-state index >= 15 is 0 Å². The Hall–Kier alpha value is 0.140. The second kappa shape index (κ2) is 6.63. The maximum Gasteiger partial charge on any atom is 0.496 e. The molecule has 10 nitrogen and oxygen atoms in total. The van der Waals surface area contributed by atoms with Crippen molar-refractivity contribution in [1.82, 2.24) is 0 Å². The van der Waals surface area contributed by atoms with Crippen molar-refractivity contribution in [2.24, 2.45) is 0 Å². The van der Waals surface area contributed by atoms with E-state index in [0.717, 1.165) is 0 Å². The van der Waals surface area contributed by atoms with Crippen molar-refractivity contribution in [3.63, 3.8) is 0 Å². The summed E-state index contributed by atoms with van der Waals surface area (Å²) in [4.78, 5) is 36.5. The minimum atomic E-state index is -4.64. The van der Waals surface area contributed by atoms with Crippen molar-refractivity contribution in [2.75, 3.05) is 0 Å². The molecule has 0 aromatic carbocycles. The van der Waals surface area contributed by atoms with Gasteiger partial charge in [-0.15, -0.1) is 4.67 Å². The predicted molar refractivity (Wildman–Crippen MR) is 33.6 cm³/mol. The minimum Gasteiger partial charge on any atom is -0.412 e. The summed E-state index contributed by atoms with van der Waals surface area (Å²) in [6, 6.07) is 0.